The summed E-state index contributed by atoms with van der Waals surface area (Å²) >= 11 is 11.9. The molecule has 0 bridgehead atoms. The molecule has 0 N–H and O–H groups in total. The van der Waals surface area contributed by atoms with Gasteiger partial charge in [-0.05, 0) is 19.9 Å². The molecule has 1 amide bonds. The summed E-state index contributed by atoms with van der Waals surface area (Å²) in [4.78, 5) is 18.0. The molecule has 0 unspecified atom stereocenters. The number of hydrogen-bond acceptors (Lipinski definition) is 4. The molecular formula is C14H20Cl2N2O3. The highest BCUT2D eigenvalue weighted by atomic mass is 35.5. The number of carbonyl (C=O) groups is 1. The Morgan fingerprint density at radius 2 is 1.76 bits per heavy atom. The van der Waals surface area contributed by atoms with Gasteiger partial charge in [-0.15, -0.1) is 0 Å². The molecule has 0 spiro atoms. The molecule has 1 aromatic rings. The summed E-state index contributed by atoms with van der Waals surface area (Å²) in [7, 11) is 0. The first-order valence-electron chi connectivity index (χ1n) is 6.85. The lowest BCUT2D eigenvalue weighted by Crippen LogP contribution is -2.37. The summed E-state index contributed by atoms with van der Waals surface area (Å²) in [5.41, 5.74) is 0.338. The van der Waals surface area contributed by atoms with Gasteiger partial charge in [0.15, 0.2) is 0 Å². The Labute approximate surface area is 135 Å². The summed E-state index contributed by atoms with van der Waals surface area (Å²) in [6, 6.07) is 1.47. The fourth-order valence-corrected chi connectivity index (χ4v) is 2.04. The van der Waals surface area contributed by atoms with E-state index in [1.165, 1.54) is 12.3 Å². The SMILES string of the molecule is CCOCCN(CCOCC)C(=O)c1cc(Cl)ncc1Cl. The van der Waals surface area contributed by atoms with Gasteiger partial charge in [0.2, 0.25) is 0 Å². The third-order valence-corrected chi connectivity index (χ3v) is 3.27. The van der Waals surface area contributed by atoms with Crippen molar-refractivity contribution in [1.29, 1.82) is 0 Å². The normalized spacial score (nSPS) is 10.7. The molecule has 0 aliphatic heterocycles. The number of amides is 1. The van der Waals surface area contributed by atoms with Crippen molar-refractivity contribution in [3.05, 3.63) is 28.0 Å². The second-order valence-electron chi connectivity index (χ2n) is 4.17. The summed E-state index contributed by atoms with van der Waals surface area (Å²) in [6.45, 7) is 6.89. The molecule has 1 rings (SSSR count). The molecular weight excluding hydrogens is 315 g/mol. The maximum absolute atomic E-state index is 12.6. The molecule has 21 heavy (non-hydrogen) atoms. The zero-order chi connectivity index (χ0) is 15.7. The summed E-state index contributed by atoms with van der Waals surface area (Å²) in [5.74, 6) is -0.205. The zero-order valence-electron chi connectivity index (χ0n) is 12.3. The van der Waals surface area contributed by atoms with Gasteiger partial charge in [-0.1, -0.05) is 23.2 Å². The van der Waals surface area contributed by atoms with Gasteiger partial charge in [-0.2, -0.15) is 0 Å². The summed E-state index contributed by atoms with van der Waals surface area (Å²) in [6.07, 6.45) is 1.38. The second kappa shape index (κ2) is 9.95. The Bertz CT molecular complexity index is 448. The molecule has 0 saturated heterocycles. The smallest absolute Gasteiger partial charge is 0.255 e. The standard InChI is InChI=1S/C14H20Cl2N2O3/c1-3-20-7-5-18(6-8-21-4-2)14(19)11-9-13(16)17-10-12(11)15/h9-10H,3-8H2,1-2H3. The van der Waals surface area contributed by atoms with E-state index in [4.69, 9.17) is 32.7 Å². The molecule has 0 aliphatic carbocycles. The van der Waals surface area contributed by atoms with Crippen LogP contribution in [0.25, 0.3) is 0 Å². The maximum Gasteiger partial charge on any atom is 0.255 e. The van der Waals surface area contributed by atoms with Gasteiger partial charge in [0, 0.05) is 32.5 Å². The van der Waals surface area contributed by atoms with Crippen LogP contribution in [0.5, 0.6) is 0 Å². The van der Waals surface area contributed by atoms with Crippen molar-refractivity contribution in [2.75, 3.05) is 39.5 Å². The Balaban J connectivity index is 2.79. The predicted octanol–water partition coefficient (Wildman–Crippen LogP) is 2.90. The van der Waals surface area contributed by atoms with E-state index in [9.17, 15) is 4.79 Å². The van der Waals surface area contributed by atoms with Gasteiger partial charge < -0.3 is 14.4 Å². The molecule has 118 valence electrons. The predicted molar refractivity (Wildman–Crippen MR) is 83.1 cm³/mol. The molecule has 0 aliphatic rings. The Morgan fingerprint density at radius 1 is 1.19 bits per heavy atom. The molecule has 0 saturated carbocycles. The highest BCUT2D eigenvalue weighted by molar-refractivity contribution is 6.35. The van der Waals surface area contributed by atoms with Crippen LogP contribution in [0.15, 0.2) is 12.3 Å². The van der Waals surface area contributed by atoms with E-state index < -0.39 is 0 Å². The van der Waals surface area contributed by atoms with Crippen molar-refractivity contribution in [2.24, 2.45) is 0 Å². The van der Waals surface area contributed by atoms with Gasteiger partial charge in [0.25, 0.3) is 5.91 Å². The minimum atomic E-state index is -0.205. The third-order valence-electron chi connectivity index (χ3n) is 2.76. The van der Waals surface area contributed by atoms with Crippen LogP contribution >= 0.6 is 23.2 Å². The number of carbonyl (C=O) groups excluding carboxylic acids is 1. The molecule has 0 atom stereocenters. The molecule has 0 fully saturated rings. The van der Waals surface area contributed by atoms with Crippen molar-refractivity contribution in [1.82, 2.24) is 9.88 Å². The van der Waals surface area contributed by atoms with Crippen LogP contribution in [-0.2, 0) is 9.47 Å². The van der Waals surface area contributed by atoms with Gasteiger partial charge in [-0.3, -0.25) is 4.79 Å². The summed E-state index contributed by atoms with van der Waals surface area (Å²) < 4.78 is 10.6. The van der Waals surface area contributed by atoms with E-state index in [1.807, 2.05) is 13.8 Å². The summed E-state index contributed by atoms with van der Waals surface area (Å²) in [5, 5.41) is 0.513. The number of hydrogen-bond donors (Lipinski definition) is 0. The van der Waals surface area contributed by atoms with Crippen molar-refractivity contribution in [3.8, 4) is 0 Å². The van der Waals surface area contributed by atoms with Crippen LogP contribution in [0.2, 0.25) is 10.2 Å². The van der Waals surface area contributed by atoms with Crippen molar-refractivity contribution in [2.45, 2.75) is 13.8 Å². The number of aromatic nitrogens is 1. The molecule has 1 aromatic heterocycles. The Kier molecular flexibility index (Phi) is 8.61. The quantitative estimate of drug-likeness (QED) is 0.514. The number of pyridine rings is 1. The number of ether oxygens (including phenoxy) is 2. The monoisotopic (exact) mass is 334 g/mol. The minimum Gasteiger partial charge on any atom is -0.380 e. The average Bonchev–Trinajstić information content (AvgIpc) is 2.48. The van der Waals surface area contributed by atoms with E-state index in [-0.39, 0.29) is 16.1 Å². The highest BCUT2D eigenvalue weighted by Gasteiger charge is 2.19. The number of rotatable bonds is 9. The molecule has 1 heterocycles. The maximum atomic E-state index is 12.6. The first-order chi connectivity index (χ1) is 10.1. The fourth-order valence-electron chi connectivity index (χ4n) is 1.70. The van der Waals surface area contributed by atoms with E-state index in [2.05, 4.69) is 4.98 Å². The molecule has 0 radical (unpaired) electrons. The van der Waals surface area contributed by atoms with Crippen LogP contribution < -0.4 is 0 Å². The second-order valence-corrected chi connectivity index (χ2v) is 4.97. The van der Waals surface area contributed by atoms with E-state index in [1.54, 1.807) is 4.90 Å². The Hall–Kier alpha value is -0.880. The minimum absolute atomic E-state index is 0.205. The topological polar surface area (TPSA) is 51.7 Å². The lowest BCUT2D eigenvalue weighted by atomic mass is 10.2. The first kappa shape index (κ1) is 18.2. The van der Waals surface area contributed by atoms with Gasteiger partial charge >= 0.3 is 0 Å². The number of halogens is 2. The van der Waals surface area contributed by atoms with Crippen LogP contribution in [0, 0.1) is 0 Å². The third kappa shape index (κ3) is 6.18. The molecule has 7 heteroatoms. The van der Waals surface area contributed by atoms with E-state index in [0.717, 1.165) is 0 Å². The fraction of sp³-hybridized carbons (Fsp3) is 0.571. The van der Waals surface area contributed by atoms with E-state index >= 15 is 0 Å². The van der Waals surface area contributed by atoms with Gasteiger partial charge in [0.05, 0.1) is 23.8 Å². The van der Waals surface area contributed by atoms with Crippen molar-refractivity contribution >= 4 is 29.1 Å². The van der Waals surface area contributed by atoms with Gasteiger partial charge in [-0.25, -0.2) is 4.98 Å². The number of nitrogens with zero attached hydrogens (tertiary/aromatic N) is 2. The van der Waals surface area contributed by atoms with E-state index in [0.29, 0.717) is 45.1 Å². The lowest BCUT2D eigenvalue weighted by Gasteiger charge is -2.23. The van der Waals surface area contributed by atoms with Gasteiger partial charge in [0.1, 0.15) is 5.15 Å². The zero-order valence-corrected chi connectivity index (χ0v) is 13.8. The van der Waals surface area contributed by atoms with Crippen LogP contribution in [0.3, 0.4) is 0 Å². The first-order valence-corrected chi connectivity index (χ1v) is 7.61. The average molecular weight is 335 g/mol. The molecule has 0 aromatic carbocycles. The molecule has 5 nitrogen and oxygen atoms in total. The van der Waals surface area contributed by atoms with Crippen LogP contribution in [0.1, 0.15) is 24.2 Å². The van der Waals surface area contributed by atoms with Crippen LogP contribution in [0.4, 0.5) is 0 Å². The Morgan fingerprint density at radius 3 is 2.29 bits per heavy atom. The van der Waals surface area contributed by atoms with Crippen molar-refractivity contribution < 1.29 is 14.3 Å². The largest absolute Gasteiger partial charge is 0.380 e. The van der Waals surface area contributed by atoms with Crippen LogP contribution in [-0.4, -0.2) is 55.3 Å². The highest BCUT2D eigenvalue weighted by Crippen LogP contribution is 2.19. The van der Waals surface area contributed by atoms with Crippen molar-refractivity contribution in [3.63, 3.8) is 0 Å². The lowest BCUT2D eigenvalue weighted by molar-refractivity contribution is 0.0550.